The molecule has 1 unspecified atom stereocenters. The quantitative estimate of drug-likeness (QED) is 0.803. The second-order valence-corrected chi connectivity index (χ2v) is 5.61. The third kappa shape index (κ3) is 5.61. The van der Waals surface area contributed by atoms with Crippen LogP contribution in [0.2, 0.25) is 0 Å². The van der Waals surface area contributed by atoms with Crippen LogP contribution in [0.25, 0.3) is 0 Å². The number of nitrogens with one attached hydrogen (secondary N) is 1. The van der Waals surface area contributed by atoms with Crippen LogP contribution in [0.1, 0.15) is 33.3 Å². The Morgan fingerprint density at radius 1 is 1.30 bits per heavy atom. The Morgan fingerprint density at radius 2 is 2.00 bits per heavy atom. The Hall–Kier alpha value is -1.55. The van der Waals surface area contributed by atoms with Crippen molar-refractivity contribution in [3.05, 3.63) is 29.8 Å². The molecule has 1 aromatic rings. The average Bonchev–Trinajstić information content (AvgIpc) is 2.34. The lowest BCUT2D eigenvalue weighted by Gasteiger charge is -2.17. The molecule has 0 spiro atoms. The zero-order chi connectivity index (χ0) is 15.1. The molecule has 3 N–H and O–H groups in total. The van der Waals surface area contributed by atoms with E-state index in [1.165, 1.54) is 0 Å². The van der Waals surface area contributed by atoms with Crippen LogP contribution in [0.5, 0.6) is 5.75 Å². The summed E-state index contributed by atoms with van der Waals surface area (Å²) in [5.41, 5.74) is 6.79. The van der Waals surface area contributed by atoms with Crippen LogP contribution in [-0.2, 0) is 11.2 Å². The van der Waals surface area contributed by atoms with E-state index in [0.717, 1.165) is 11.3 Å². The second kappa shape index (κ2) is 7.90. The van der Waals surface area contributed by atoms with Crippen molar-refractivity contribution in [2.45, 2.75) is 46.3 Å². The number of hydrogen-bond donors (Lipinski definition) is 2. The predicted molar refractivity (Wildman–Crippen MR) is 81.7 cm³/mol. The molecular weight excluding hydrogens is 252 g/mol. The number of carbonyl (C=O) groups is 1. The Balaban J connectivity index is 2.72. The lowest BCUT2D eigenvalue weighted by atomic mass is 9.98. The molecule has 0 aliphatic heterocycles. The van der Waals surface area contributed by atoms with Crippen LogP contribution in [0.15, 0.2) is 24.3 Å². The van der Waals surface area contributed by atoms with Gasteiger partial charge in [-0.1, -0.05) is 12.1 Å². The van der Waals surface area contributed by atoms with E-state index in [-0.39, 0.29) is 24.0 Å². The van der Waals surface area contributed by atoms with Gasteiger partial charge in [0.25, 0.3) is 0 Å². The van der Waals surface area contributed by atoms with Crippen LogP contribution < -0.4 is 15.8 Å². The first-order chi connectivity index (χ1) is 9.42. The summed E-state index contributed by atoms with van der Waals surface area (Å²) < 4.78 is 5.66. The van der Waals surface area contributed by atoms with Gasteiger partial charge in [-0.25, -0.2) is 0 Å². The first-order valence-electron chi connectivity index (χ1n) is 7.18. The van der Waals surface area contributed by atoms with Gasteiger partial charge in [-0.3, -0.25) is 4.79 Å². The van der Waals surface area contributed by atoms with Crippen molar-refractivity contribution in [3.63, 3.8) is 0 Å². The molecule has 0 heterocycles. The largest absolute Gasteiger partial charge is 0.491 e. The first kappa shape index (κ1) is 16.5. The van der Waals surface area contributed by atoms with Crippen LogP contribution in [0.4, 0.5) is 0 Å². The summed E-state index contributed by atoms with van der Waals surface area (Å²) in [6.45, 7) is 8.22. The molecule has 1 rings (SSSR count). The van der Waals surface area contributed by atoms with Crippen molar-refractivity contribution >= 4 is 5.91 Å². The van der Waals surface area contributed by atoms with Crippen molar-refractivity contribution in [1.29, 1.82) is 0 Å². The van der Waals surface area contributed by atoms with Gasteiger partial charge in [0.2, 0.25) is 5.91 Å². The summed E-state index contributed by atoms with van der Waals surface area (Å²) in [7, 11) is 0. The highest BCUT2D eigenvalue weighted by molar-refractivity contribution is 5.79. The molecular formula is C16H26N2O2. The molecule has 1 amide bonds. The molecule has 0 aliphatic rings. The zero-order valence-corrected chi connectivity index (χ0v) is 12.8. The van der Waals surface area contributed by atoms with Crippen molar-refractivity contribution in [2.75, 3.05) is 6.54 Å². The van der Waals surface area contributed by atoms with Gasteiger partial charge in [-0.2, -0.15) is 0 Å². The van der Waals surface area contributed by atoms with E-state index in [2.05, 4.69) is 5.32 Å². The molecule has 4 nitrogen and oxygen atoms in total. The van der Waals surface area contributed by atoms with Gasteiger partial charge >= 0.3 is 0 Å². The van der Waals surface area contributed by atoms with E-state index >= 15 is 0 Å². The number of amides is 1. The summed E-state index contributed by atoms with van der Waals surface area (Å²) >= 11 is 0. The Morgan fingerprint density at radius 3 is 2.55 bits per heavy atom. The molecule has 0 aliphatic carbocycles. The molecule has 0 saturated carbocycles. The molecule has 1 atom stereocenters. The maximum Gasteiger partial charge on any atom is 0.224 e. The predicted octanol–water partition coefficient (Wildman–Crippen LogP) is 2.12. The molecule has 0 aromatic heterocycles. The molecule has 0 fully saturated rings. The minimum Gasteiger partial charge on any atom is -0.491 e. The average molecular weight is 278 g/mol. The number of nitrogens with two attached hydrogens (primary N) is 1. The van der Waals surface area contributed by atoms with Crippen LogP contribution in [0, 0.1) is 5.92 Å². The van der Waals surface area contributed by atoms with Crippen molar-refractivity contribution in [3.8, 4) is 5.75 Å². The molecule has 0 radical (unpaired) electrons. The van der Waals surface area contributed by atoms with Gasteiger partial charge in [0.05, 0.1) is 12.0 Å². The second-order valence-electron chi connectivity index (χ2n) is 5.61. The van der Waals surface area contributed by atoms with Crippen molar-refractivity contribution in [1.82, 2.24) is 5.32 Å². The monoisotopic (exact) mass is 278 g/mol. The fourth-order valence-corrected chi connectivity index (χ4v) is 1.99. The summed E-state index contributed by atoms with van der Waals surface area (Å²) in [5.74, 6) is 0.641. The van der Waals surface area contributed by atoms with Crippen molar-refractivity contribution in [2.24, 2.45) is 11.7 Å². The first-order valence-corrected chi connectivity index (χ1v) is 7.18. The number of hydrogen-bond acceptors (Lipinski definition) is 3. The minimum absolute atomic E-state index is 0.0117. The number of ether oxygens (including phenoxy) is 1. The highest BCUT2D eigenvalue weighted by Gasteiger charge is 2.18. The van der Waals surface area contributed by atoms with Crippen LogP contribution in [0.3, 0.4) is 0 Å². The van der Waals surface area contributed by atoms with E-state index in [1.54, 1.807) is 0 Å². The third-order valence-corrected chi connectivity index (χ3v) is 2.84. The minimum atomic E-state index is -0.202. The SMILES string of the molecule is CC(C)NC(=O)C(CN)Cc1cccc(OC(C)C)c1. The maximum atomic E-state index is 12.0. The maximum absolute atomic E-state index is 12.0. The van der Waals surface area contributed by atoms with Gasteiger partial charge < -0.3 is 15.8 Å². The number of benzene rings is 1. The molecule has 4 heteroatoms. The Bertz CT molecular complexity index is 430. The van der Waals surface area contributed by atoms with Crippen LogP contribution in [-0.4, -0.2) is 24.6 Å². The Labute approximate surface area is 121 Å². The normalized spacial score (nSPS) is 12.6. The summed E-state index contributed by atoms with van der Waals surface area (Å²) in [6, 6.07) is 7.98. The topological polar surface area (TPSA) is 64.4 Å². The van der Waals surface area contributed by atoms with E-state index < -0.39 is 0 Å². The smallest absolute Gasteiger partial charge is 0.224 e. The highest BCUT2D eigenvalue weighted by atomic mass is 16.5. The summed E-state index contributed by atoms with van der Waals surface area (Å²) in [4.78, 5) is 12.0. The van der Waals surface area contributed by atoms with E-state index in [9.17, 15) is 4.79 Å². The lowest BCUT2D eigenvalue weighted by Crippen LogP contribution is -2.39. The summed E-state index contributed by atoms with van der Waals surface area (Å²) in [5, 5.41) is 2.91. The van der Waals surface area contributed by atoms with E-state index in [1.807, 2.05) is 52.0 Å². The number of rotatable bonds is 7. The lowest BCUT2D eigenvalue weighted by molar-refractivity contribution is -0.125. The fourth-order valence-electron chi connectivity index (χ4n) is 1.99. The van der Waals surface area contributed by atoms with Gasteiger partial charge in [-0.05, 0) is 51.8 Å². The molecule has 0 bridgehead atoms. The molecule has 0 saturated heterocycles. The van der Waals surface area contributed by atoms with Gasteiger partial charge in [0.1, 0.15) is 5.75 Å². The Kier molecular flexibility index (Phi) is 6.52. The fraction of sp³-hybridized carbons (Fsp3) is 0.562. The highest BCUT2D eigenvalue weighted by Crippen LogP contribution is 2.17. The van der Waals surface area contributed by atoms with Crippen LogP contribution >= 0.6 is 0 Å². The van der Waals surface area contributed by atoms with Gasteiger partial charge in [0.15, 0.2) is 0 Å². The summed E-state index contributed by atoms with van der Waals surface area (Å²) in [6.07, 6.45) is 0.768. The zero-order valence-electron chi connectivity index (χ0n) is 12.8. The molecule has 20 heavy (non-hydrogen) atoms. The van der Waals surface area contributed by atoms with Crippen molar-refractivity contribution < 1.29 is 9.53 Å². The molecule has 1 aromatic carbocycles. The third-order valence-electron chi connectivity index (χ3n) is 2.84. The van der Waals surface area contributed by atoms with E-state index in [0.29, 0.717) is 13.0 Å². The van der Waals surface area contributed by atoms with Gasteiger partial charge in [0, 0.05) is 12.6 Å². The number of carbonyl (C=O) groups excluding carboxylic acids is 1. The van der Waals surface area contributed by atoms with Gasteiger partial charge in [-0.15, -0.1) is 0 Å². The standard InChI is InChI=1S/C16H26N2O2/c1-11(2)18-16(19)14(10-17)8-13-6-5-7-15(9-13)20-12(3)4/h5-7,9,11-12,14H,8,10,17H2,1-4H3,(H,18,19). The molecule has 112 valence electrons. The van der Waals surface area contributed by atoms with E-state index in [4.69, 9.17) is 10.5 Å².